The van der Waals surface area contributed by atoms with Crippen molar-refractivity contribution in [3.63, 3.8) is 0 Å². The number of hydrogen-bond acceptors (Lipinski definition) is 1. The second-order valence-electron chi connectivity index (χ2n) is 12.0. The topological polar surface area (TPSA) is 17.1 Å². The van der Waals surface area contributed by atoms with Crippen LogP contribution in [-0.2, 0) is 4.57 Å². The van der Waals surface area contributed by atoms with E-state index in [0.29, 0.717) is 0 Å². The van der Waals surface area contributed by atoms with Crippen molar-refractivity contribution >= 4 is 39.3 Å². The van der Waals surface area contributed by atoms with E-state index in [1.54, 1.807) is 0 Å². The highest BCUT2D eigenvalue weighted by Gasteiger charge is 2.32. The predicted octanol–water partition coefficient (Wildman–Crippen LogP) is 11.8. The van der Waals surface area contributed by atoms with E-state index in [9.17, 15) is 4.57 Å². The lowest BCUT2D eigenvalue weighted by Crippen LogP contribution is -2.23. The average molecular weight is 625 g/mol. The second kappa shape index (κ2) is 13.2. The molecule has 0 aliphatic rings. The number of benzene rings is 7. The van der Waals surface area contributed by atoms with E-state index in [0.717, 1.165) is 21.7 Å². The third-order valence-electron chi connectivity index (χ3n) is 9.16. The van der Waals surface area contributed by atoms with Crippen molar-refractivity contribution in [3.05, 3.63) is 182 Å². The Morgan fingerprint density at radius 1 is 0.447 bits per heavy atom. The molecule has 7 aromatic rings. The van der Waals surface area contributed by atoms with Crippen molar-refractivity contribution in [3.8, 4) is 33.4 Å². The van der Waals surface area contributed by atoms with E-state index in [2.05, 4.69) is 140 Å². The summed E-state index contributed by atoms with van der Waals surface area (Å²) in [7, 11) is -2.91. The molecular formula is C45H37OP. The van der Waals surface area contributed by atoms with Gasteiger partial charge < -0.3 is 4.57 Å². The highest BCUT2D eigenvalue weighted by Crippen LogP contribution is 2.49. The van der Waals surface area contributed by atoms with Crippen molar-refractivity contribution in [2.75, 3.05) is 0 Å². The van der Waals surface area contributed by atoms with Crippen LogP contribution in [0.2, 0.25) is 0 Å². The first-order valence-corrected chi connectivity index (χ1v) is 18.0. The number of fused-ring (bicyclic) bond motifs is 2. The maximum Gasteiger partial charge on any atom is 0.149 e. The minimum Gasteiger partial charge on any atom is -0.313 e. The molecule has 0 aromatic heterocycles. The Morgan fingerprint density at radius 2 is 0.830 bits per heavy atom. The molecule has 0 heterocycles. The summed E-state index contributed by atoms with van der Waals surface area (Å²) < 4.78 is 14.8. The normalized spacial score (nSPS) is 13.7. The Morgan fingerprint density at radius 3 is 1.32 bits per heavy atom. The minimum absolute atomic E-state index is 0.135. The third kappa shape index (κ3) is 5.69. The summed E-state index contributed by atoms with van der Waals surface area (Å²) in [6.07, 6.45) is 8.03. The molecule has 0 N–H and O–H groups in total. The maximum absolute atomic E-state index is 14.8. The Bertz CT molecular complexity index is 2210. The maximum atomic E-state index is 14.8. The zero-order valence-electron chi connectivity index (χ0n) is 26.8. The summed E-state index contributed by atoms with van der Waals surface area (Å²) in [5, 5.41) is 6.76. The summed E-state index contributed by atoms with van der Waals surface area (Å²) in [5.74, 6) is 0. The molecule has 0 bridgehead atoms. The zero-order valence-corrected chi connectivity index (χ0v) is 27.6. The highest BCUT2D eigenvalue weighted by molar-refractivity contribution is 7.79. The zero-order chi connectivity index (χ0) is 32.2. The lowest BCUT2D eigenvalue weighted by molar-refractivity contribution is 0.584. The lowest BCUT2D eigenvalue weighted by Gasteiger charge is -2.24. The van der Waals surface area contributed by atoms with Gasteiger partial charge in [0, 0.05) is 16.3 Å². The Kier molecular flexibility index (Phi) is 8.58. The molecule has 0 amide bonds. The van der Waals surface area contributed by atoms with Crippen molar-refractivity contribution in [1.29, 1.82) is 0 Å². The molecule has 7 rings (SSSR count). The number of rotatable bonds is 8. The molecular weight excluding hydrogens is 587 g/mol. The van der Waals surface area contributed by atoms with Crippen LogP contribution in [0.5, 0.6) is 0 Å². The molecule has 0 aliphatic heterocycles. The smallest absolute Gasteiger partial charge is 0.149 e. The van der Waals surface area contributed by atoms with Gasteiger partial charge in [-0.15, -0.1) is 0 Å². The molecule has 0 aliphatic carbocycles. The van der Waals surface area contributed by atoms with E-state index in [4.69, 9.17) is 0 Å². The first kappa shape index (κ1) is 30.4. The fourth-order valence-corrected chi connectivity index (χ4v) is 9.57. The summed E-state index contributed by atoms with van der Waals surface area (Å²) in [4.78, 5) is 0. The van der Waals surface area contributed by atoms with Crippen LogP contribution in [-0.4, -0.2) is 5.66 Å². The van der Waals surface area contributed by atoms with E-state index in [-0.39, 0.29) is 5.66 Å². The molecule has 47 heavy (non-hydrogen) atoms. The summed E-state index contributed by atoms with van der Waals surface area (Å²) in [6, 6.07) is 55.4. The highest BCUT2D eigenvalue weighted by atomic mass is 31.2. The fraction of sp³-hybridized carbons (Fsp3) is 0.0667. The molecule has 0 saturated heterocycles. The molecule has 0 spiro atoms. The van der Waals surface area contributed by atoms with Crippen LogP contribution in [0.25, 0.3) is 54.9 Å². The van der Waals surface area contributed by atoms with Gasteiger partial charge in [0.25, 0.3) is 0 Å². The fourth-order valence-electron chi connectivity index (χ4n) is 6.79. The minimum atomic E-state index is -2.91. The van der Waals surface area contributed by atoms with Crippen LogP contribution in [0.4, 0.5) is 0 Å². The van der Waals surface area contributed by atoms with Crippen LogP contribution in [0, 0.1) is 0 Å². The molecule has 0 fully saturated rings. The van der Waals surface area contributed by atoms with Gasteiger partial charge in [-0.1, -0.05) is 189 Å². The molecule has 2 heteroatoms. The van der Waals surface area contributed by atoms with E-state index >= 15 is 0 Å². The Balaban J connectivity index is 1.28. The van der Waals surface area contributed by atoms with Gasteiger partial charge in [0.05, 0.1) is 0 Å². The van der Waals surface area contributed by atoms with Gasteiger partial charge in [-0.2, -0.15) is 0 Å². The van der Waals surface area contributed by atoms with Crippen molar-refractivity contribution in [2.24, 2.45) is 0 Å². The van der Waals surface area contributed by atoms with E-state index in [1.807, 2.05) is 55.5 Å². The van der Waals surface area contributed by atoms with Gasteiger partial charge in [-0.3, -0.25) is 0 Å². The predicted molar refractivity (Wildman–Crippen MR) is 204 cm³/mol. The van der Waals surface area contributed by atoms with Crippen LogP contribution < -0.4 is 10.6 Å². The first-order valence-electron chi connectivity index (χ1n) is 16.2. The van der Waals surface area contributed by atoms with Gasteiger partial charge in [-0.05, 0) is 61.8 Å². The summed E-state index contributed by atoms with van der Waals surface area (Å²) in [5.41, 5.74) is 7.04. The van der Waals surface area contributed by atoms with Crippen LogP contribution in [0.3, 0.4) is 0 Å². The van der Waals surface area contributed by atoms with Gasteiger partial charge in [0.2, 0.25) is 0 Å². The Hall–Kier alpha value is -5.23. The number of hydrogen-bond donors (Lipinski definition) is 0. The van der Waals surface area contributed by atoms with Crippen LogP contribution in [0.15, 0.2) is 182 Å². The molecule has 0 radical (unpaired) electrons. The Labute approximate surface area is 277 Å². The quantitative estimate of drug-likeness (QED) is 0.0934. The molecule has 0 saturated carbocycles. The third-order valence-corrected chi connectivity index (χ3v) is 12.6. The van der Waals surface area contributed by atoms with Gasteiger partial charge in [0.1, 0.15) is 7.14 Å². The standard InChI is InChI=1S/C45H37OP/c1-3-4-7-16-33(2)47(46,38-19-10-6-11-20-38)39-31-29-35(30-32-39)34-25-27-37(28-26-34)45-42-23-14-12-21-40(42)44(36-17-8-5-9-18-36)41-22-13-15-24-43(41)45/h3-33H,1-2H3/b4-3-,16-7-. The molecule has 2 atom stereocenters. The van der Waals surface area contributed by atoms with Gasteiger partial charge in [-0.25, -0.2) is 0 Å². The van der Waals surface area contributed by atoms with Gasteiger partial charge >= 0.3 is 0 Å². The lowest BCUT2D eigenvalue weighted by atomic mass is 9.86. The first-order chi connectivity index (χ1) is 23.1. The largest absolute Gasteiger partial charge is 0.313 e. The van der Waals surface area contributed by atoms with E-state index in [1.165, 1.54) is 43.8 Å². The second-order valence-corrected chi connectivity index (χ2v) is 15.1. The van der Waals surface area contributed by atoms with Crippen molar-refractivity contribution in [1.82, 2.24) is 0 Å². The van der Waals surface area contributed by atoms with Crippen LogP contribution >= 0.6 is 7.14 Å². The summed E-state index contributed by atoms with van der Waals surface area (Å²) >= 11 is 0. The molecule has 228 valence electrons. The van der Waals surface area contributed by atoms with E-state index < -0.39 is 7.14 Å². The van der Waals surface area contributed by atoms with Crippen molar-refractivity contribution < 1.29 is 4.57 Å². The molecule has 7 aromatic carbocycles. The molecule has 1 nitrogen and oxygen atoms in total. The van der Waals surface area contributed by atoms with Crippen molar-refractivity contribution in [2.45, 2.75) is 19.5 Å². The number of allylic oxidation sites excluding steroid dienone is 4. The van der Waals surface area contributed by atoms with Crippen LogP contribution in [0.1, 0.15) is 13.8 Å². The summed E-state index contributed by atoms with van der Waals surface area (Å²) in [6.45, 7) is 4.04. The molecule has 2 unspecified atom stereocenters. The SMILES string of the molecule is C/C=C\C=C/C(C)P(=O)(c1ccccc1)c1ccc(-c2ccc(-c3c4ccccc4c(-c4ccccc4)c4ccccc34)cc2)cc1. The van der Waals surface area contributed by atoms with Gasteiger partial charge in [0.15, 0.2) is 0 Å². The monoisotopic (exact) mass is 624 g/mol. The average Bonchev–Trinajstić information content (AvgIpc) is 3.14.